The number of thiazole rings is 1. The van der Waals surface area contributed by atoms with E-state index in [1.165, 1.54) is 35.2 Å². The van der Waals surface area contributed by atoms with Crippen LogP contribution in [-0.2, 0) is 4.79 Å². The fourth-order valence-electron chi connectivity index (χ4n) is 2.33. The molecule has 1 heterocycles. The van der Waals surface area contributed by atoms with E-state index in [-0.39, 0.29) is 17.3 Å². The number of aromatic nitrogens is 1. The second-order valence-corrected chi connectivity index (χ2v) is 7.80. The molecule has 0 aliphatic carbocycles. The van der Waals surface area contributed by atoms with Crippen LogP contribution in [0.25, 0.3) is 10.2 Å². The van der Waals surface area contributed by atoms with Gasteiger partial charge >= 0.3 is 0 Å². The van der Waals surface area contributed by atoms with Crippen LogP contribution < -0.4 is 5.32 Å². The Morgan fingerprint density at radius 3 is 2.80 bits per heavy atom. The van der Waals surface area contributed by atoms with Crippen LogP contribution in [-0.4, -0.2) is 21.6 Å². The number of non-ortho nitro benzene ring substituents is 1. The van der Waals surface area contributed by atoms with Crippen molar-refractivity contribution in [1.82, 2.24) is 4.98 Å². The summed E-state index contributed by atoms with van der Waals surface area (Å²) >= 11 is 2.67. The van der Waals surface area contributed by atoms with Crippen molar-refractivity contribution in [3.63, 3.8) is 0 Å². The van der Waals surface area contributed by atoms with E-state index in [4.69, 9.17) is 0 Å². The maximum absolute atomic E-state index is 12.1. The van der Waals surface area contributed by atoms with Gasteiger partial charge in [0.1, 0.15) is 0 Å². The number of thioether (sulfide) groups is 1. The summed E-state index contributed by atoms with van der Waals surface area (Å²) in [6.45, 7) is 3.96. The number of hydrogen-bond acceptors (Lipinski definition) is 6. The smallest absolute Gasteiger partial charge is 0.270 e. The van der Waals surface area contributed by atoms with Crippen LogP contribution in [0.5, 0.6) is 0 Å². The fourth-order valence-corrected chi connectivity index (χ4v) is 4.24. The Labute approximate surface area is 152 Å². The largest absolute Gasteiger partial charge is 0.325 e. The predicted octanol–water partition coefficient (Wildman–Crippen LogP) is 4.55. The van der Waals surface area contributed by atoms with Gasteiger partial charge in [0.2, 0.25) is 5.91 Å². The SMILES string of the molecule is Cc1ccc(NC(=O)CSc2nc3ccc([N+](=O)[O-])cc3s2)c(C)c1. The molecule has 1 aromatic heterocycles. The minimum atomic E-state index is -0.427. The first-order valence-corrected chi connectivity index (χ1v) is 9.27. The molecule has 8 heteroatoms. The number of nitro groups is 1. The minimum Gasteiger partial charge on any atom is -0.325 e. The first-order valence-electron chi connectivity index (χ1n) is 7.47. The van der Waals surface area contributed by atoms with Gasteiger partial charge in [0.15, 0.2) is 4.34 Å². The second-order valence-electron chi connectivity index (χ2n) is 5.54. The minimum absolute atomic E-state index is 0.0419. The van der Waals surface area contributed by atoms with E-state index in [0.29, 0.717) is 9.86 Å². The molecule has 0 saturated heterocycles. The third kappa shape index (κ3) is 4.15. The topological polar surface area (TPSA) is 85.1 Å². The molecule has 0 aliphatic rings. The molecule has 0 bridgehead atoms. The van der Waals surface area contributed by atoms with Crippen LogP contribution in [0.3, 0.4) is 0 Å². The van der Waals surface area contributed by atoms with E-state index in [0.717, 1.165) is 21.5 Å². The third-order valence-corrected chi connectivity index (χ3v) is 5.71. The molecule has 0 spiro atoms. The molecule has 0 saturated carbocycles. The lowest BCUT2D eigenvalue weighted by atomic mass is 10.1. The summed E-state index contributed by atoms with van der Waals surface area (Å²) in [5, 5.41) is 13.7. The number of anilines is 1. The van der Waals surface area contributed by atoms with Crippen LogP contribution in [0.2, 0.25) is 0 Å². The number of nitro benzene ring substituents is 1. The van der Waals surface area contributed by atoms with Crippen molar-refractivity contribution >= 4 is 50.6 Å². The summed E-state index contributed by atoms with van der Waals surface area (Å²) in [4.78, 5) is 26.9. The highest BCUT2D eigenvalue weighted by Gasteiger charge is 2.12. The zero-order chi connectivity index (χ0) is 18.0. The highest BCUT2D eigenvalue weighted by atomic mass is 32.2. The van der Waals surface area contributed by atoms with Crippen LogP contribution in [0, 0.1) is 24.0 Å². The Bertz CT molecular complexity index is 969. The number of benzene rings is 2. The monoisotopic (exact) mass is 373 g/mol. The van der Waals surface area contributed by atoms with Crippen molar-refractivity contribution in [1.29, 1.82) is 0 Å². The molecule has 2 aromatic carbocycles. The molecular weight excluding hydrogens is 358 g/mol. The van der Waals surface area contributed by atoms with Gasteiger partial charge in [-0.25, -0.2) is 4.98 Å². The predicted molar refractivity (Wildman–Crippen MR) is 102 cm³/mol. The molecule has 128 valence electrons. The number of hydrogen-bond donors (Lipinski definition) is 1. The average Bonchev–Trinajstić information content (AvgIpc) is 2.97. The molecule has 1 amide bonds. The average molecular weight is 373 g/mol. The number of amides is 1. The first-order chi connectivity index (χ1) is 11.9. The third-order valence-electron chi connectivity index (χ3n) is 3.55. The Morgan fingerprint density at radius 1 is 1.28 bits per heavy atom. The number of nitrogens with one attached hydrogen (secondary N) is 1. The normalized spacial score (nSPS) is 10.8. The molecule has 0 fully saturated rings. The Kier molecular flexibility index (Phi) is 5.00. The fraction of sp³-hybridized carbons (Fsp3) is 0.176. The molecule has 3 aromatic rings. The van der Waals surface area contributed by atoms with Crippen molar-refractivity contribution in [3.8, 4) is 0 Å². The van der Waals surface area contributed by atoms with E-state index >= 15 is 0 Å². The van der Waals surface area contributed by atoms with Gasteiger partial charge in [0.25, 0.3) is 5.69 Å². The standard InChI is InChI=1S/C17H15N3O3S2/c1-10-3-5-13(11(2)7-10)18-16(21)9-24-17-19-14-6-4-12(20(22)23)8-15(14)25-17/h3-8H,9H2,1-2H3,(H,18,21). The van der Waals surface area contributed by atoms with E-state index in [1.807, 2.05) is 32.0 Å². The summed E-state index contributed by atoms with van der Waals surface area (Å²) in [5.74, 6) is 0.122. The maximum atomic E-state index is 12.1. The lowest BCUT2D eigenvalue weighted by molar-refractivity contribution is -0.384. The van der Waals surface area contributed by atoms with Crippen LogP contribution in [0.4, 0.5) is 11.4 Å². The summed E-state index contributed by atoms with van der Waals surface area (Å²) in [5.41, 5.74) is 3.71. The summed E-state index contributed by atoms with van der Waals surface area (Å²) in [6, 6.07) is 10.4. The van der Waals surface area contributed by atoms with Gasteiger partial charge in [0, 0.05) is 17.8 Å². The number of rotatable bonds is 5. The second kappa shape index (κ2) is 7.20. The van der Waals surface area contributed by atoms with Crippen molar-refractivity contribution in [2.24, 2.45) is 0 Å². The lowest BCUT2D eigenvalue weighted by Crippen LogP contribution is -2.14. The zero-order valence-corrected chi connectivity index (χ0v) is 15.2. The van der Waals surface area contributed by atoms with Gasteiger partial charge in [-0.15, -0.1) is 11.3 Å². The highest BCUT2D eigenvalue weighted by molar-refractivity contribution is 8.01. The molecule has 25 heavy (non-hydrogen) atoms. The molecule has 0 atom stereocenters. The van der Waals surface area contributed by atoms with Gasteiger partial charge in [-0.05, 0) is 31.5 Å². The molecule has 0 unspecified atom stereocenters. The summed E-state index contributed by atoms with van der Waals surface area (Å²) in [6.07, 6.45) is 0. The van der Waals surface area contributed by atoms with Crippen molar-refractivity contribution in [3.05, 3.63) is 57.6 Å². The van der Waals surface area contributed by atoms with Gasteiger partial charge in [-0.1, -0.05) is 29.5 Å². The highest BCUT2D eigenvalue weighted by Crippen LogP contribution is 2.31. The number of carbonyl (C=O) groups is 1. The van der Waals surface area contributed by atoms with Crippen LogP contribution >= 0.6 is 23.1 Å². The van der Waals surface area contributed by atoms with Crippen molar-refractivity contribution < 1.29 is 9.72 Å². The van der Waals surface area contributed by atoms with E-state index in [1.54, 1.807) is 6.07 Å². The summed E-state index contributed by atoms with van der Waals surface area (Å²) < 4.78 is 1.46. The molecule has 0 aliphatic heterocycles. The molecule has 6 nitrogen and oxygen atoms in total. The van der Waals surface area contributed by atoms with E-state index in [9.17, 15) is 14.9 Å². The Morgan fingerprint density at radius 2 is 2.08 bits per heavy atom. The van der Waals surface area contributed by atoms with Gasteiger partial charge < -0.3 is 5.32 Å². The van der Waals surface area contributed by atoms with Crippen molar-refractivity contribution in [2.45, 2.75) is 18.2 Å². The van der Waals surface area contributed by atoms with Crippen LogP contribution in [0.15, 0.2) is 40.7 Å². The number of carbonyl (C=O) groups excluding carboxylic acids is 1. The maximum Gasteiger partial charge on any atom is 0.270 e. The molecule has 0 radical (unpaired) electrons. The lowest BCUT2D eigenvalue weighted by Gasteiger charge is -2.08. The Balaban J connectivity index is 1.65. The van der Waals surface area contributed by atoms with Crippen molar-refractivity contribution in [2.75, 3.05) is 11.1 Å². The molecule has 3 rings (SSSR count). The van der Waals surface area contributed by atoms with Gasteiger partial charge in [0.05, 0.1) is 20.9 Å². The number of fused-ring (bicyclic) bond motifs is 1. The zero-order valence-electron chi connectivity index (χ0n) is 13.6. The number of aryl methyl sites for hydroxylation is 2. The first kappa shape index (κ1) is 17.4. The van der Waals surface area contributed by atoms with Gasteiger partial charge in [-0.2, -0.15) is 0 Å². The summed E-state index contributed by atoms with van der Waals surface area (Å²) in [7, 11) is 0. The van der Waals surface area contributed by atoms with E-state index in [2.05, 4.69) is 10.3 Å². The number of nitrogens with zero attached hydrogens (tertiary/aromatic N) is 2. The van der Waals surface area contributed by atoms with Gasteiger partial charge in [-0.3, -0.25) is 14.9 Å². The van der Waals surface area contributed by atoms with Crippen LogP contribution in [0.1, 0.15) is 11.1 Å². The molecular formula is C17H15N3O3S2. The molecule has 1 N–H and O–H groups in total. The quantitative estimate of drug-likeness (QED) is 0.403. The Hall–Kier alpha value is -2.45. The van der Waals surface area contributed by atoms with E-state index < -0.39 is 4.92 Å².